The minimum Gasteiger partial charge on any atom is -0.495 e. The van der Waals surface area contributed by atoms with Gasteiger partial charge in [-0.25, -0.2) is 0 Å². The van der Waals surface area contributed by atoms with Crippen molar-refractivity contribution in [3.8, 4) is 5.75 Å². The number of ether oxygens (including phenoxy) is 1. The number of para-hydroxylation sites is 3. The van der Waals surface area contributed by atoms with E-state index >= 15 is 0 Å². The molecule has 0 atom stereocenters. The molecule has 1 heterocycles. The maximum Gasteiger partial charge on any atom is 0.316 e. The normalized spacial score (nSPS) is 12.7. The molecule has 22 heavy (non-hydrogen) atoms. The van der Waals surface area contributed by atoms with Crippen LogP contribution in [0, 0.1) is 0 Å². The van der Waals surface area contributed by atoms with E-state index in [0.717, 1.165) is 17.7 Å². The first kappa shape index (κ1) is 14.1. The molecular weight excluding hydrogens is 280 g/mol. The summed E-state index contributed by atoms with van der Waals surface area (Å²) in [6.45, 7) is 0.525. The predicted octanol–water partition coefficient (Wildman–Crippen LogP) is 2.22. The first-order valence-corrected chi connectivity index (χ1v) is 7.04. The first-order chi connectivity index (χ1) is 10.7. The summed E-state index contributed by atoms with van der Waals surface area (Å²) in [6, 6.07) is 14.6. The predicted molar refractivity (Wildman–Crippen MR) is 84.1 cm³/mol. The van der Waals surface area contributed by atoms with Gasteiger partial charge in [-0.1, -0.05) is 30.3 Å². The first-order valence-electron chi connectivity index (χ1n) is 7.04. The standard InChI is InChI=1S/C17H16N2O3/c1-22-15-9-5-3-7-13(15)18-16(20)17(21)19-11-10-12-6-2-4-8-14(12)19/h2-9H,10-11H2,1H3,(H,18,20). The van der Waals surface area contributed by atoms with E-state index in [9.17, 15) is 9.59 Å². The molecule has 0 saturated carbocycles. The van der Waals surface area contributed by atoms with E-state index in [-0.39, 0.29) is 0 Å². The highest BCUT2D eigenvalue weighted by atomic mass is 16.5. The molecular formula is C17H16N2O3. The third-order valence-electron chi connectivity index (χ3n) is 3.68. The Bertz CT molecular complexity index is 727. The maximum absolute atomic E-state index is 12.4. The molecule has 2 aromatic rings. The fraction of sp³-hybridized carbons (Fsp3) is 0.176. The van der Waals surface area contributed by atoms with Crippen LogP contribution in [-0.2, 0) is 16.0 Å². The van der Waals surface area contributed by atoms with Crippen molar-refractivity contribution in [2.75, 3.05) is 23.9 Å². The highest BCUT2D eigenvalue weighted by molar-refractivity contribution is 6.44. The molecule has 1 N–H and O–H groups in total. The van der Waals surface area contributed by atoms with Crippen LogP contribution in [0.3, 0.4) is 0 Å². The van der Waals surface area contributed by atoms with Gasteiger partial charge in [0.15, 0.2) is 0 Å². The number of benzene rings is 2. The van der Waals surface area contributed by atoms with E-state index in [4.69, 9.17) is 4.74 Å². The van der Waals surface area contributed by atoms with E-state index in [2.05, 4.69) is 5.32 Å². The van der Waals surface area contributed by atoms with Crippen molar-refractivity contribution in [3.63, 3.8) is 0 Å². The van der Waals surface area contributed by atoms with Crippen LogP contribution < -0.4 is 15.0 Å². The summed E-state index contributed by atoms with van der Waals surface area (Å²) in [5.74, 6) is -0.706. The van der Waals surface area contributed by atoms with Gasteiger partial charge in [0.05, 0.1) is 12.8 Å². The van der Waals surface area contributed by atoms with E-state index in [1.165, 1.54) is 12.0 Å². The molecule has 1 aliphatic rings. The highest BCUT2D eigenvalue weighted by Gasteiger charge is 2.29. The molecule has 0 aromatic heterocycles. The summed E-state index contributed by atoms with van der Waals surface area (Å²) in [6.07, 6.45) is 0.768. The van der Waals surface area contributed by atoms with Crippen molar-refractivity contribution in [3.05, 3.63) is 54.1 Å². The second-order valence-electron chi connectivity index (χ2n) is 4.99. The summed E-state index contributed by atoms with van der Waals surface area (Å²) in [5, 5.41) is 2.61. The number of carbonyl (C=O) groups is 2. The van der Waals surface area contributed by atoms with Crippen molar-refractivity contribution < 1.29 is 14.3 Å². The van der Waals surface area contributed by atoms with Crippen LogP contribution in [0.15, 0.2) is 48.5 Å². The third kappa shape index (κ3) is 2.53. The molecule has 2 aromatic carbocycles. The summed E-state index contributed by atoms with van der Waals surface area (Å²) in [4.78, 5) is 26.1. The molecule has 0 bridgehead atoms. The maximum atomic E-state index is 12.4. The Kier molecular flexibility index (Phi) is 3.78. The number of rotatable bonds is 2. The summed E-state index contributed by atoms with van der Waals surface area (Å²) >= 11 is 0. The number of carbonyl (C=O) groups excluding carboxylic acids is 2. The van der Waals surface area contributed by atoms with Gasteiger partial charge in [0.2, 0.25) is 0 Å². The van der Waals surface area contributed by atoms with Crippen LogP contribution in [-0.4, -0.2) is 25.5 Å². The van der Waals surface area contributed by atoms with Gasteiger partial charge >= 0.3 is 11.8 Å². The molecule has 5 nitrogen and oxygen atoms in total. The van der Waals surface area contributed by atoms with Crippen molar-refractivity contribution in [2.45, 2.75) is 6.42 Å². The lowest BCUT2D eigenvalue weighted by atomic mass is 10.2. The molecule has 5 heteroatoms. The van der Waals surface area contributed by atoms with Gasteiger partial charge in [0.1, 0.15) is 5.75 Å². The highest BCUT2D eigenvalue weighted by Crippen LogP contribution is 2.28. The number of fused-ring (bicyclic) bond motifs is 1. The third-order valence-corrected chi connectivity index (χ3v) is 3.68. The molecule has 0 radical (unpaired) electrons. The Hall–Kier alpha value is -2.82. The van der Waals surface area contributed by atoms with Gasteiger partial charge in [-0.2, -0.15) is 0 Å². The van der Waals surface area contributed by atoms with Crippen LogP contribution in [0.25, 0.3) is 0 Å². The van der Waals surface area contributed by atoms with Crippen LogP contribution >= 0.6 is 0 Å². The van der Waals surface area contributed by atoms with Crippen molar-refractivity contribution in [1.29, 1.82) is 0 Å². The zero-order valence-corrected chi connectivity index (χ0v) is 12.2. The van der Waals surface area contributed by atoms with Gasteiger partial charge in [-0.3, -0.25) is 9.59 Å². The molecule has 0 spiro atoms. The summed E-state index contributed by atoms with van der Waals surface area (Å²) in [5.41, 5.74) is 2.37. The lowest BCUT2D eigenvalue weighted by molar-refractivity contribution is -0.134. The second kappa shape index (κ2) is 5.89. The number of anilines is 2. The average Bonchev–Trinajstić information content (AvgIpc) is 2.98. The Morgan fingerprint density at radius 3 is 2.64 bits per heavy atom. The lowest BCUT2D eigenvalue weighted by Gasteiger charge is -2.17. The minimum atomic E-state index is -0.666. The van der Waals surface area contributed by atoms with Crippen LogP contribution in [0.1, 0.15) is 5.56 Å². The van der Waals surface area contributed by atoms with Gasteiger partial charge in [-0.05, 0) is 30.2 Å². The quantitative estimate of drug-likeness (QED) is 0.865. The monoisotopic (exact) mass is 296 g/mol. The number of nitrogens with one attached hydrogen (secondary N) is 1. The van der Waals surface area contributed by atoms with E-state index in [0.29, 0.717) is 18.0 Å². The van der Waals surface area contributed by atoms with Gasteiger partial charge < -0.3 is 15.0 Å². The van der Waals surface area contributed by atoms with Crippen LogP contribution in [0.2, 0.25) is 0 Å². The topological polar surface area (TPSA) is 58.6 Å². The largest absolute Gasteiger partial charge is 0.495 e. The molecule has 0 unspecified atom stereocenters. The molecule has 112 valence electrons. The average molecular weight is 296 g/mol. The van der Waals surface area contributed by atoms with Crippen molar-refractivity contribution in [2.24, 2.45) is 0 Å². The lowest BCUT2D eigenvalue weighted by Crippen LogP contribution is -2.38. The van der Waals surface area contributed by atoms with Crippen molar-refractivity contribution in [1.82, 2.24) is 0 Å². The Morgan fingerprint density at radius 2 is 1.82 bits per heavy atom. The number of hydrogen-bond acceptors (Lipinski definition) is 3. The fourth-order valence-electron chi connectivity index (χ4n) is 2.60. The Morgan fingerprint density at radius 1 is 1.09 bits per heavy atom. The Balaban J connectivity index is 1.77. The van der Waals surface area contributed by atoms with E-state index < -0.39 is 11.8 Å². The molecule has 2 amide bonds. The van der Waals surface area contributed by atoms with Gasteiger partial charge in [-0.15, -0.1) is 0 Å². The number of nitrogens with zero attached hydrogens (tertiary/aromatic N) is 1. The van der Waals surface area contributed by atoms with Crippen LogP contribution in [0.4, 0.5) is 11.4 Å². The summed E-state index contributed by atoms with van der Waals surface area (Å²) < 4.78 is 5.17. The number of methoxy groups -OCH3 is 1. The molecule has 1 aliphatic heterocycles. The SMILES string of the molecule is COc1ccccc1NC(=O)C(=O)N1CCc2ccccc21. The smallest absolute Gasteiger partial charge is 0.316 e. The zero-order valence-electron chi connectivity index (χ0n) is 12.2. The second-order valence-corrected chi connectivity index (χ2v) is 4.99. The fourth-order valence-corrected chi connectivity index (χ4v) is 2.60. The van der Waals surface area contributed by atoms with Gasteiger partial charge in [0.25, 0.3) is 0 Å². The minimum absolute atomic E-state index is 0.482. The molecule has 0 saturated heterocycles. The zero-order chi connectivity index (χ0) is 15.5. The summed E-state index contributed by atoms with van der Waals surface area (Å²) in [7, 11) is 1.52. The van der Waals surface area contributed by atoms with E-state index in [1.54, 1.807) is 24.3 Å². The van der Waals surface area contributed by atoms with Gasteiger partial charge in [0, 0.05) is 12.2 Å². The Labute approximate surface area is 128 Å². The molecule has 0 aliphatic carbocycles. The van der Waals surface area contributed by atoms with Crippen molar-refractivity contribution >= 4 is 23.2 Å². The molecule has 3 rings (SSSR count). The van der Waals surface area contributed by atoms with Crippen LogP contribution in [0.5, 0.6) is 5.75 Å². The number of hydrogen-bond donors (Lipinski definition) is 1. The van der Waals surface area contributed by atoms with E-state index in [1.807, 2.05) is 24.3 Å². The molecule has 0 fully saturated rings. The number of amides is 2.